The number of carbonyl (C=O) groups excluding carboxylic acids is 3. The third-order valence-electron chi connectivity index (χ3n) is 6.43. The lowest BCUT2D eigenvalue weighted by Gasteiger charge is -2.25. The quantitative estimate of drug-likeness (QED) is 0.401. The molecule has 0 spiro atoms. The zero-order chi connectivity index (χ0) is 27.4. The highest BCUT2D eigenvalue weighted by Crippen LogP contribution is 2.34. The van der Waals surface area contributed by atoms with Crippen LogP contribution in [0.5, 0.6) is 0 Å². The summed E-state index contributed by atoms with van der Waals surface area (Å²) in [6, 6.07) is 18.1. The lowest BCUT2D eigenvalue weighted by molar-refractivity contribution is -0.125. The number of amidine groups is 2. The largest absolute Gasteiger partial charge is 0.467 e. The summed E-state index contributed by atoms with van der Waals surface area (Å²) < 4.78 is 5.23. The highest BCUT2D eigenvalue weighted by atomic mass is 32.2. The number of para-hydroxylation sites is 1. The van der Waals surface area contributed by atoms with Gasteiger partial charge in [0.2, 0.25) is 11.8 Å². The van der Waals surface area contributed by atoms with Gasteiger partial charge in [0.1, 0.15) is 17.6 Å². The predicted molar refractivity (Wildman–Crippen MR) is 152 cm³/mol. The van der Waals surface area contributed by atoms with Gasteiger partial charge >= 0.3 is 0 Å². The summed E-state index contributed by atoms with van der Waals surface area (Å²) in [4.78, 5) is 49.3. The topological polar surface area (TPSA) is 116 Å². The zero-order valence-corrected chi connectivity index (χ0v) is 22.5. The Bertz CT molecular complexity index is 1430. The van der Waals surface area contributed by atoms with Gasteiger partial charge in [0, 0.05) is 17.7 Å². The molecule has 3 heterocycles. The van der Waals surface area contributed by atoms with Gasteiger partial charge in [-0.1, -0.05) is 49.9 Å². The van der Waals surface area contributed by atoms with E-state index in [1.807, 2.05) is 48.5 Å². The molecule has 0 saturated carbocycles. The monoisotopic (exact) mass is 543 g/mol. The first-order chi connectivity index (χ1) is 18.9. The maximum atomic E-state index is 13.4. The number of hydrogen-bond donors (Lipinski definition) is 2. The fourth-order valence-electron chi connectivity index (χ4n) is 4.32. The third-order valence-corrected chi connectivity index (χ3v) is 7.36. The average Bonchev–Trinajstić information content (AvgIpc) is 3.58. The summed E-state index contributed by atoms with van der Waals surface area (Å²) in [5.74, 6) is 0.993. The van der Waals surface area contributed by atoms with Crippen molar-refractivity contribution in [2.75, 3.05) is 11.1 Å². The van der Waals surface area contributed by atoms with Gasteiger partial charge in [0.15, 0.2) is 5.17 Å². The van der Waals surface area contributed by atoms with Crippen molar-refractivity contribution in [2.45, 2.75) is 45.2 Å². The van der Waals surface area contributed by atoms with Gasteiger partial charge in [-0.25, -0.2) is 9.89 Å². The number of nitrogens with one attached hydrogen (secondary N) is 2. The molecule has 0 aliphatic carbocycles. The highest BCUT2D eigenvalue weighted by Gasteiger charge is 2.41. The fraction of sp³-hybridized carbons (Fsp3) is 0.276. The molecule has 39 heavy (non-hydrogen) atoms. The number of furan rings is 1. The van der Waals surface area contributed by atoms with Gasteiger partial charge in [0.25, 0.3) is 5.91 Å². The van der Waals surface area contributed by atoms with Gasteiger partial charge in [-0.2, -0.15) is 0 Å². The van der Waals surface area contributed by atoms with E-state index >= 15 is 0 Å². The van der Waals surface area contributed by atoms with Crippen LogP contribution in [-0.4, -0.2) is 45.4 Å². The molecule has 2 aromatic carbocycles. The maximum absolute atomic E-state index is 13.4. The van der Waals surface area contributed by atoms with Crippen LogP contribution in [0.15, 0.2) is 81.3 Å². The standard InChI is InChI=1S/C29H29N5O4S/c1-18(2)19-9-11-20(12-10-19)31-26(36)17-39-29-33-23-8-4-3-7-22(23)27-32-24(28(37)34(27)29)13-14-25(35)30-16-21-6-5-15-38-21/h3-12,15,18,24H,13-14,16-17H2,1-2H3,(H,30,35)(H,31,36). The second-order valence-corrected chi connectivity index (χ2v) is 10.5. The molecule has 3 aromatic rings. The van der Waals surface area contributed by atoms with Crippen molar-refractivity contribution >= 4 is 51.9 Å². The summed E-state index contributed by atoms with van der Waals surface area (Å²) in [6.45, 7) is 4.52. The first kappa shape index (κ1) is 26.4. The second kappa shape index (κ2) is 11.7. The maximum Gasteiger partial charge on any atom is 0.259 e. The van der Waals surface area contributed by atoms with E-state index < -0.39 is 6.04 Å². The summed E-state index contributed by atoms with van der Waals surface area (Å²) in [5, 5.41) is 6.09. The van der Waals surface area contributed by atoms with Gasteiger partial charge in [-0.3, -0.25) is 19.4 Å². The molecule has 0 fully saturated rings. The number of benzene rings is 2. The van der Waals surface area contributed by atoms with E-state index in [-0.39, 0.29) is 42.9 Å². The molecule has 1 unspecified atom stereocenters. The number of amides is 3. The zero-order valence-electron chi connectivity index (χ0n) is 21.7. The highest BCUT2D eigenvalue weighted by molar-refractivity contribution is 8.14. The lowest BCUT2D eigenvalue weighted by Crippen LogP contribution is -2.41. The molecule has 0 bridgehead atoms. The Morgan fingerprint density at radius 1 is 1.05 bits per heavy atom. The van der Waals surface area contributed by atoms with Crippen LogP contribution in [-0.2, 0) is 20.9 Å². The number of hydrogen-bond acceptors (Lipinski definition) is 7. The van der Waals surface area contributed by atoms with Crippen LogP contribution in [0.3, 0.4) is 0 Å². The number of fused-ring (bicyclic) bond motifs is 3. The summed E-state index contributed by atoms with van der Waals surface area (Å²) in [5.41, 5.74) is 3.34. The molecule has 2 aliphatic rings. The lowest BCUT2D eigenvalue weighted by atomic mass is 10.0. The molecule has 0 radical (unpaired) electrons. The van der Waals surface area contributed by atoms with E-state index in [1.165, 1.54) is 22.2 Å². The molecule has 2 aliphatic heterocycles. The third kappa shape index (κ3) is 6.12. The van der Waals surface area contributed by atoms with Gasteiger partial charge < -0.3 is 15.1 Å². The Morgan fingerprint density at radius 2 is 1.85 bits per heavy atom. The Morgan fingerprint density at radius 3 is 2.59 bits per heavy atom. The van der Waals surface area contributed by atoms with E-state index in [0.717, 1.165) is 5.56 Å². The van der Waals surface area contributed by atoms with Crippen molar-refractivity contribution in [3.05, 3.63) is 83.8 Å². The Hall–Kier alpha value is -4.18. The van der Waals surface area contributed by atoms with Crippen molar-refractivity contribution in [3.8, 4) is 0 Å². The van der Waals surface area contributed by atoms with Crippen molar-refractivity contribution in [1.82, 2.24) is 10.2 Å². The van der Waals surface area contributed by atoms with Crippen LogP contribution >= 0.6 is 11.8 Å². The normalized spacial score (nSPS) is 15.9. The molecule has 1 atom stereocenters. The number of anilines is 1. The summed E-state index contributed by atoms with van der Waals surface area (Å²) in [6.07, 6.45) is 1.95. The summed E-state index contributed by atoms with van der Waals surface area (Å²) >= 11 is 1.18. The van der Waals surface area contributed by atoms with E-state index in [2.05, 4.69) is 34.5 Å². The molecule has 3 amide bonds. The van der Waals surface area contributed by atoms with Crippen molar-refractivity contribution in [1.29, 1.82) is 0 Å². The number of thioether (sulfide) groups is 1. The van der Waals surface area contributed by atoms with E-state index in [9.17, 15) is 14.4 Å². The minimum Gasteiger partial charge on any atom is -0.467 e. The fourth-order valence-corrected chi connectivity index (χ4v) is 5.12. The molecule has 200 valence electrons. The molecule has 10 heteroatoms. The minimum absolute atomic E-state index is 0.0733. The number of rotatable bonds is 9. The van der Waals surface area contributed by atoms with Crippen molar-refractivity contribution < 1.29 is 18.8 Å². The van der Waals surface area contributed by atoms with Gasteiger partial charge in [-0.05, 0) is 54.3 Å². The molecular formula is C29H29N5O4S. The smallest absolute Gasteiger partial charge is 0.259 e. The molecule has 5 rings (SSSR count). The molecule has 0 saturated heterocycles. The number of nitrogens with zero attached hydrogens (tertiary/aromatic N) is 3. The predicted octanol–water partition coefficient (Wildman–Crippen LogP) is 4.83. The molecular weight excluding hydrogens is 514 g/mol. The Balaban J connectivity index is 1.23. The number of carbonyl (C=O) groups is 3. The van der Waals surface area contributed by atoms with E-state index in [4.69, 9.17) is 4.42 Å². The van der Waals surface area contributed by atoms with E-state index in [1.54, 1.807) is 18.4 Å². The van der Waals surface area contributed by atoms with Gasteiger partial charge in [0.05, 0.1) is 24.2 Å². The Kier molecular flexibility index (Phi) is 7.92. The van der Waals surface area contributed by atoms with Crippen LogP contribution in [0.4, 0.5) is 11.4 Å². The Labute approximate surface area is 230 Å². The van der Waals surface area contributed by atoms with Gasteiger partial charge in [-0.15, -0.1) is 0 Å². The van der Waals surface area contributed by atoms with Crippen LogP contribution < -0.4 is 10.6 Å². The van der Waals surface area contributed by atoms with Crippen LogP contribution in [0, 0.1) is 0 Å². The van der Waals surface area contributed by atoms with Crippen molar-refractivity contribution in [2.24, 2.45) is 9.98 Å². The first-order valence-electron chi connectivity index (χ1n) is 12.8. The SMILES string of the molecule is CC(C)c1ccc(NC(=O)CSC2=Nc3ccccc3C3=NC(CCC(=O)NCc4ccco4)C(=O)N23)cc1. The summed E-state index contributed by atoms with van der Waals surface area (Å²) in [7, 11) is 0. The van der Waals surface area contributed by atoms with Crippen LogP contribution in [0.2, 0.25) is 0 Å². The minimum atomic E-state index is -0.709. The van der Waals surface area contributed by atoms with Crippen LogP contribution in [0.25, 0.3) is 0 Å². The van der Waals surface area contributed by atoms with Crippen LogP contribution in [0.1, 0.15) is 49.5 Å². The molecule has 2 N–H and O–H groups in total. The number of aliphatic imine (C=N–C) groups is 2. The second-order valence-electron chi connectivity index (χ2n) is 9.56. The first-order valence-corrected chi connectivity index (χ1v) is 13.8. The van der Waals surface area contributed by atoms with Crippen molar-refractivity contribution in [3.63, 3.8) is 0 Å². The van der Waals surface area contributed by atoms with E-state index in [0.29, 0.717) is 34.1 Å². The molecule has 9 nitrogen and oxygen atoms in total. The average molecular weight is 544 g/mol. The molecule has 1 aromatic heterocycles.